The molecule has 1 N–H and O–H groups in total. The molecule has 1 fully saturated rings. The Labute approximate surface area is 102 Å². The molecule has 5 nitrogen and oxygen atoms in total. The molecule has 5 heteroatoms. The van der Waals surface area contributed by atoms with E-state index in [1.54, 1.807) is 7.11 Å². The molecule has 0 aromatic heterocycles. The van der Waals surface area contributed by atoms with Gasteiger partial charge in [0.25, 0.3) is 0 Å². The molecule has 17 heavy (non-hydrogen) atoms. The van der Waals surface area contributed by atoms with Gasteiger partial charge in [-0.25, -0.2) is 0 Å². The van der Waals surface area contributed by atoms with Crippen LogP contribution < -0.4 is 5.32 Å². The zero-order valence-corrected chi connectivity index (χ0v) is 10.5. The lowest BCUT2D eigenvalue weighted by Gasteiger charge is -2.18. The van der Waals surface area contributed by atoms with Crippen molar-refractivity contribution in [2.75, 3.05) is 33.4 Å². The average molecular weight is 242 g/mol. The van der Waals surface area contributed by atoms with Gasteiger partial charge in [-0.05, 0) is 25.8 Å². The van der Waals surface area contributed by atoms with Crippen LogP contribution in [-0.4, -0.2) is 50.1 Å². The van der Waals surface area contributed by atoms with Crippen LogP contribution in [0.15, 0.2) is 0 Å². The van der Waals surface area contributed by atoms with Crippen LogP contribution in [0.2, 0.25) is 0 Å². The van der Waals surface area contributed by atoms with Gasteiger partial charge < -0.3 is 10.1 Å². The Bertz CT molecular complexity index is 238. The van der Waals surface area contributed by atoms with E-state index in [4.69, 9.17) is 4.74 Å². The summed E-state index contributed by atoms with van der Waals surface area (Å²) in [6.07, 6.45) is 3.52. The quantitative estimate of drug-likeness (QED) is 0.523. The number of nitrogens with one attached hydrogen (secondary N) is 1. The molecule has 0 saturated carbocycles. The van der Waals surface area contributed by atoms with E-state index in [-0.39, 0.29) is 11.8 Å². The number of hydrogen-bond acceptors (Lipinski definition) is 4. The molecule has 1 saturated heterocycles. The molecule has 0 bridgehead atoms. The molecule has 0 atom stereocenters. The van der Waals surface area contributed by atoms with E-state index in [2.05, 4.69) is 5.32 Å². The van der Waals surface area contributed by atoms with Gasteiger partial charge in [0, 0.05) is 33.0 Å². The van der Waals surface area contributed by atoms with Crippen molar-refractivity contribution >= 4 is 11.8 Å². The normalized spacial score (nSPS) is 17.4. The summed E-state index contributed by atoms with van der Waals surface area (Å²) in [5.41, 5.74) is 0. The van der Waals surface area contributed by atoms with E-state index in [1.807, 2.05) is 0 Å². The van der Waals surface area contributed by atoms with E-state index < -0.39 is 0 Å². The van der Waals surface area contributed by atoms with E-state index in [9.17, 15) is 9.59 Å². The van der Waals surface area contributed by atoms with Gasteiger partial charge in [0.2, 0.25) is 11.8 Å². The monoisotopic (exact) mass is 242 g/mol. The third-order valence-corrected chi connectivity index (χ3v) is 2.85. The number of carbonyl (C=O) groups is 2. The second-order valence-corrected chi connectivity index (χ2v) is 4.24. The molecule has 0 spiro atoms. The van der Waals surface area contributed by atoms with Crippen molar-refractivity contribution in [3.8, 4) is 0 Å². The number of methoxy groups -OCH3 is 1. The molecule has 0 aromatic carbocycles. The Hall–Kier alpha value is -0.940. The fourth-order valence-corrected chi connectivity index (χ4v) is 1.87. The molecule has 0 aliphatic carbocycles. The summed E-state index contributed by atoms with van der Waals surface area (Å²) >= 11 is 0. The summed E-state index contributed by atoms with van der Waals surface area (Å²) in [4.78, 5) is 24.7. The van der Waals surface area contributed by atoms with E-state index in [0.717, 1.165) is 32.4 Å². The summed E-state index contributed by atoms with van der Waals surface area (Å²) in [6, 6.07) is 0. The molecule has 0 unspecified atom stereocenters. The molecule has 0 aromatic rings. The van der Waals surface area contributed by atoms with E-state index in [0.29, 0.717) is 26.0 Å². The van der Waals surface area contributed by atoms with Crippen molar-refractivity contribution < 1.29 is 14.3 Å². The molecular weight excluding hydrogens is 220 g/mol. The maximum Gasteiger partial charge on any atom is 0.229 e. The first kappa shape index (κ1) is 14.1. The zero-order valence-electron chi connectivity index (χ0n) is 10.5. The van der Waals surface area contributed by atoms with Gasteiger partial charge in [-0.2, -0.15) is 0 Å². The van der Waals surface area contributed by atoms with Gasteiger partial charge in [-0.3, -0.25) is 14.5 Å². The second-order valence-electron chi connectivity index (χ2n) is 4.24. The maximum absolute atomic E-state index is 11.7. The topological polar surface area (TPSA) is 58.6 Å². The fraction of sp³-hybridized carbons (Fsp3) is 0.833. The lowest BCUT2D eigenvalue weighted by Crippen LogP contribution is -2.37. The van der Waals surface area contributed by atoms with Crippen LogP contribution in [0.5, 0.6) is 0 Å². The Morgan fingerprint density at radius 3 is 2.41 bits per heavy atom. The smallest absolute Gasteiger partial charge is 0.229 e. The van der Waals surface area contributed by atoms with E-state index >= 15 is 0 Å². The molecule has 1 aliphatic heterocycles. The highest BCUT2D eigenvalue weighted by atomic mass is 16.5. The summed E-state index contributed by atoms with van der Waals surface area (Å²) in [5, 5.41) is 3.20. The second kappa shape index (κ2) is 8.20. The summed E-state index contributed by atoms with van der Waals surface area (Å²) in [6.45, 7) is 2.83. The first-order valence-electron chi connectivity index (χ1n) is 6.28. The number of rotatable bonds is 7. The van der Waals surface area contributed by atoms with Gasteiger partial charge in [0.05, 0.1) is 6.61 Å². The lowest BCUT2D eigenvalue weighted by atomic mass is 10.2. The van der Waals surface area contributed by atoms with Gasteiger partial charge >= 0.3 is 0 Å². The first-order chi connectivity index (χ1) is 8.25. The third kappa shape index (κ3) is 5.28. The largest absolute Gasteiger partial charge is 0.383 e. The van der Waals surface area contributed by atoms with Crippen molar-refractivity contribution in [2.45, 2.75) is 32.1 Å². The van der Waals surface area contributed by atoms with Gasteiger partial charge in [-0.1, -0.05) is 0 Å². The summed E-state index contributed by atoms with van der Waals surface area (Å²) in [5.74, 6) is -0.0196. The van der Waals surface area contributed by atoms with Crippen LogP contribution in [0.1, 0.15) is 32.1 Å². The van der Waals surface area contributed by atoms with Crippen molar-refractivity contribution in [1.82, 2.24) is 10.2 Å². The molecule has 98 valence electrons. The minimum atomic E-state index is -0.00982. The van der Waals surface area contributed by atoms with Gasteiger partial charge in [0.15, 0.2) is 0 Å². The van der Waals surface area contributed by atoms with Crippen LogP contribution in [0.25, 0.3) is 0 Å². The van der Waals surface area contributed by atoms with Gasteiger partial charge in [0.1, 0.15) is 0 Å². The Kier molecular flexibility index (Phi) is 6.81. The van der Waals surface area contributed by atoms with Crippen molar-refractivity contribution in [2.24, 2.45) is 0 Å². The molecule has 1 heterocycles. The van der Waals surface area contributed by atoms with Crippen LogP contribution in [0.3, 0.4) is 0 Å². The predicted octanol–water partition coefficient (Wildman–Crippen LogP) is 0.542. The summed E-state index contributed by atoms with van der Waals surface area (Å²) in [7, 11) is 1.66. The van der Waals surface area contributed by atoms with Crippen LogP contribution in [0.4, 0.5) is 0 Å². The SMILES string of the molecule is COCCNCCCN1C(=O)CCCCC1=O. The Balaban J connectivity index is 2.19. The Morgan fingerprint density at radius 1 is 1.18 bits per heavy atom. The summed E-state index contributed by atoms with van der Waals surface area (Å²) < 4.78 is 4.91. The van der Waals surface area contributed by atoms with Gasteiger partial charge in [-0.15, -0.1) is 0 Å². The number of carbonyl (C=O) groups excluding carboxylic acids is 2. The number of likely N-dealkylation sites (tertiary alicyclic amines) is 1. The Morgan fingerprint density at radius 2 is 1.82 bits per heavy atom. The number of hydrogen-bond donors (Lipinski definition) is 1. The maximum atomic E-state index is 11.7. The minimum Gasteiger partial charge on any atom is -0.383 e. The third-order valence-electron chi connectivity index (χ3n) is 2.85. The molecule has 0 radical (unpaired) electrons. The van der Waals surface area contributed by atoms with Crippen LogP contribution in [0, 0.1) is 0 Å². The molecule has 1 aliphatic rings. The number of nitrogens with zero attached hydrogens (tertiary/aromatic N) is 1. The minimum absolute atomic E-state index is 0.00982. The van der Waals surface area contributed by atoms with Crippen molar-refractivity contribution in [3.05, 3.63) is 0 Å². The van der Waals surface area contributed by atoms with E-state index in [1.165, 1.54) is 4.90 Å². The number of amides is 2. The first-order valence-corrected chi connectivity index (χ1v) is 6.28. The molecular formula is C12H22N2O3. The standard InChI is InChI=1S/C12H22N2O3/c1-17-10-8-13-7-4-9-14-11(15)5-2-3-6-12(14)16/h13H,2-10H2,1H3. The number of ether oxygens (including phenoxy) is 1. The highest BCUT2D eigenvalue weighted by Crippen LogP contribution is 2.12. The highest BCUT2D eigenvalue weighted by Gasteiger charge is 2.22. The van der Waals surface area contributed by atoms with Crippen LogP contribution >= 0.6 is 0 Å². The average Bonchev–Trinajstić information content (AvgIpc) is 2.47. The van der Waals surface area contributed by atoms with Crippen LogP contribution in [-0.2, 0) is 14.3 Å². The zero-order chi connectivity index (χ0) is 12.5. The molecule has 2 amide bonds. The lowest BCUT2D eigenvalue weighted by molar-refractivity contribution is -0.143. The highest BCUT2D eigenvalue weighted by molar-refractivity contribution is 5.95. The van der Waals surface area contributed by atoms with Crippen molar-refractivity contribution in [3.63, 3.8) is 0 Å². The fourth-order valence-electron chi connectivity index (χ4n) is 1.87. The molecule has 1 rings (SSSR count). The number of imide groups is 1. The van der Waals surface area contributed by atoms with Crippen molar-refractivity contribution in [1.29, 1.82) is 0 Å². The predicted molar refractivity (Wildman–Crippen MR) is 64.6 cm³/mol.